The molecule has 134 valence electrons. The van der Waals surface area contributed by atoms with Crippen LogP contribution in [-0.4, -0.2) is 42.3 Å². The van der Waals surface area contributed by atoms with E-state index in [0.29, 0.717) is 25.3 Å². The van der Waals surface area contributed by atoms with Crippen LogP contribution in [0.25, 0.3) is 0 Å². The molecule has 0 fully saturated rings. The molecule has 0 saturated carbocycles. The number of aryl methyl sites for hydroxylation is 2. The number of aliphatic carboxylic acids is 1. The molecular weight excluding hydrogens is 308 g/mol. The lowest BCUT2D eigenvalue weighted by Crippen LogP contribution is -2.40. The second-order valence-corrected chi connectivity index (χ2v) is 6.25. The van der Waals surface area contributed by atoms with E-state index in [1.165, 1.54) is 0 Å². The van der Waals surface area contributed by atoms with Gasteiger partial charge >= 0.3 is 5.97 Å². The Bertz CT molecular complexity index is 538. The lowest BCUT2D eigenvalue weighted by Gasteiger charge is -2.15. The van der Waals surface area contributed by atoms with Gasteiger partial charge in [-0.2, -0.15) is 0 Å². The van der Waals surface area contributed by atoms with Crippen LogP contribution in [0.15, 0.2) is 18.2 Å². The molecule has 0 spiro atoms. The molecule has 0 bridgehead atoms. The molecule has 3 N–H and O–H groups in total. The normalized spacial score (nSPS) is 12.2. The molecule has 1 aromatic rings. The quantitative estimate of drug-likeness (QED) is 0.571. The molecule has 0 saturated heterocycles. The first-order valence-electron chi connectivity index (χ1n) is 8.24. The number of carboxylic acids is 1. The van der Waals surface area contributed by atoms with Gasteiger partial charge in [-0.05, 0) is 63.9 Å². The average Bonchev–Trinajstić information content (AvgIpc) is 2.43. The fourth-order valence-electron chi connectivity index (χ4n) is 2.36. The fourth-order valence-corrected chi connectivity index (χ4v) is 2.36. The van der Waals surface area contributed by atoms with Crippen molar-refractivity contribution in [3.63, 3.8) is 0 Å². The lowest BCUT2D eigenvalue weighted by atomic mass is 10.1. The molecule has 0 aliphatic heterocycles. The highest BCUT2D eigenvalue weighted by atomic mass is 16.5. The van der Waals surface area contributed by atoms with Crippen molar-refractivity contribution in [3.05, 3.63) is 29.3 Å². The summed E-state index contributed by atoms with van der Waals surface area (Å²) in [6, 6.07) is 4.82. The molecule has 24 heavy (non-hydrogen) atoms. The van der Waals surface area contributed by atoms with E-state index in [0.717, 1.165) is 11.1 Å². The Morgan fingerprint density at radius 3 is 2.33 bits per heavy atom. The summed E-state index contributed by atoms with van der Waals surface area (Å²) < 4.78 is 5.40. The number of benzene rings is 1. The van der Waals surface area contributed by atoms with Crippen molar-refractivity contribution in [2.75, 3.05) is 18.5 Å². The largest absolute Gasteiger partial charge is 0.480 e. The second kappa shape index (κ2) is 10.1. The first kappa shape index (κ1) is 20.1. The molecule has 0 aromatic heterocycles. The number of carbonyl (C=O) groups excluding carboxylic acids is 1. The zero-order valence-corrected chi connectivity index (χ0v) is 14.9. The van der Waals surface area contributed by atoms with Gasteiger partial charge in [0.15, 0.2) is 0 Å². The molecule has 6 heteroatoms. The SMILES string of the molecule is Cc1cc(C)cc(NC(=O)C[C@@H](NCCCOC(C)C)C(=O)O)c1. The third-order valence-electron chi connectivity index (χ3n) is 3.36. The third kappa shape index (κ3) is 8.08. The van der Waals surface area contributed by atoms with Gasteiger partial charge in [-0.1, -0.05) is 6.07 Å². The van der Waals surface area contributed by atoms with Crippen LogP contribution in [0.4, 0.5) is 5.69 Å². The smallest absolute Gasteiger partial charge is 0.321 e. The summed E-state index contributed by atoms with van der Waals surface area (Å²) >= 11 is 0. The highest BCUT2D eigenvalue weighted by molar-refractivity contribution is 5.94. The summed E-state index contributed by atoms with van der Waals surface area (Å²) in [6.45, 7) is 8.84. The van der Waals surface area contributed by atoms with Gasteiger partial charge in [0.25, 0.3) is 0 Å². The van der Waals surface area contributed by atoms with Crippen LogP contribution in [0.1, 0.15) is 37.8 Å². The average molecular weight is 336 g/mol. The van der Waals surface area contributed by atoms with Gasteiger partial charge in [0, 0.05) is 12.3 Å². The minimum atomic E-state index is -1.03. The number of carboxylic acid groups (broad SMARTS) is 1. The van der Waals surface area contributed by atoms with E-state index in [9.17, 15) is 14.7 Å². The summed E-state index contributed by atoms with van der Waals surface area (Å²) in [5, 5.41) is 14.9. The number of nitrogens with one attached hydrogen (secondary N) is 2. The molecule has 6 nitrogen and oxygen atoms in total. The highest BCUT2D eigenvalue weighted by Gasteiger charge is 2.20. The molecular formula is C18H28N2O4. The van der Waals surface area contributed by atoms with Crippen molar-refractivity contribution in [1.29, 1.82) is 0 Å². The summed E-state index contributed by atoms with van der Waals surface area (Å²) in [5.41, 5.74) is 2.78. The number of hydrogen-bond donors (Lipinski definition) is 3. The van der Waals surface area contributed by atoms with Crippen molar-refractivity contribution >= 4 is 17.6 Å². The Balaban J connectivity index is 2.46. The molecule has 0 heterocycles. The van der Waals surface area contributed by atoms with Crippen molar-refractivity contribution < 1.29 is 19.4 Å². The van der Waals surface area contributed by atoms with Crippen LogP contribution in [0.2, 0.25) is 0 Å². The molecule has 0 radical (unpaired) electrons. The topological polar surface area (TPSA) is 87.7 Å². The van der Waals surface area contributed by atoms with Crippen LogP contribution in [0.5, 0.6) is 0 Å². The summed E-state index contributed by atoms with van der Waals surface area (Å²) in [5.74, 6) is -1.35. The van der Waals surface area contributed by atoms with Gasteiger partial charge in [-0.15, -0.1) is 0 Å². The van der Waals surface area contributed by atoms with E-state index in [1.807, 2.05) is 45.9 Å². The predicted octanol–water partition coefficient (Wildman–Crippen LogP) is 2.49. The molecule has 1 rings (SSSR count). The monoisotopic (exact) mass is 336 g/mol. The van der Waals surface area contributed by atoms with Crippen LogP contribution in [-0.2, 0) is 14.3 Å². The summed E-state index contributed by atoms with van der Waals surface area (Å²) in [7, 11) is 0. The van der Waals surface area contributed by atoms with Crippen LogP contribution in [0, 0.1) is 13.8 Å². The van der Waals surface area contributed by atoms with E-state index >= 15 is 0 Å². The van der Waals surface area contributed by atoms with Gasteiger partial charge in [-0.3, -0.25) is 9.59 Å². The summed E-state index contributed by atoms with van der Waals surface area (Å²) in [6.07, 6.45) is 0.734. The lowest BCUT2D eigenvalue weighted by molar-refractivity contribution is -0.141. The Labute approximate surface area is 143 Å². The van der Waals surface area contributed by atoms with Gasteiger partial charge in [0.05, 0.1) is 12.5 Å². The number of ether oxygens (including phenoxy) is 1. The van der Waals surface area contributed by atoms with Crippen LogP contribution in [0.3, 0.4) is 0 Å². The van der Waals surface area contributed by atoms with E-state index in [1.54, 1.807) is 0 Å². The standard InChI is InChI=1S/C18H28N2O4/c1-12(2)24-7-5-6-19-16(18(22)23)11-17(21)20-15-9-13(3)8-14(4)10-15/h8-10,12,16,19H,5-7,11H2,1-4H3,(H,20,21)(H,22,23)/t16-/m1/s1. The second-order valence-electron chi connectivity index (χ2n) is 6.25. The number of hydrogen-bond acceptors (Lipinski definition) is 4. The zero-order chi connectivity index (χ0) is 18.1. The van der Waals surface area contributed by atoms with E-state index in [4.69, 9.17) is 4.74 Å². The van der Waals surface area contributed by atoms with E-state index < -0.39 is 12.0 Å². The predicted molar refractivity (Wildman–Crippen MR) is 94.3 cm³/mol. The molecule has 0 aliphatic carbocycles. The minimum Gasteiger partial charge on any atom is -0.480 e. The van der Waals surface area contributed by atoms with Gasteiger partial charge < -0.3 is 20.5 Å². The Morgan fingerprint density at radius 2 is 1.79 bits per heavy atom. The van der Waals surface area contributed by atoms with E-state index in [-0.39, 0.29) is 18.4 Å². The Kier molecular flexibility index (Phi) is 8.43. The summed E-state index contributed by atoms with van der Waals surface area (Å²) in [4.78, 5) is 23.4. The fraction of sp³-hybridized carbons (Fsp3) is 0.556. The number of rotatable bonds is 10. The van der Waals surface area contributed by atoms with Crippen molar-refractivity contribution in [2.45, 2.75) is 52.7 Å². The number of amides is 1. The van der Waals surface area contributed by atoms with Crippen LogP contribution < -0.4 is 10.6 Å². The molecule has 1 aromatic carbocycles. The Morgan fingerprint density at radius 1 is 1.17 bits per heavy atom. The first-order valence-corrected chi connectivity index (χ1v) is 8.24. The zero-order valence-electron chi connectivity index (χ0n) is 14.9. The maximum absolute atomic E-state index is 12.1. The van der Waals surface area contributed by atoms with Crippen molar-refractivity contribution in [3.8, 4) is 0 Å². The number of carbonyl (C=O) groups is 2. The molecule has 0 unspecified atom stereocenters. The first-order chi connectivity index (χ1) is 11.3. The van der Waals surface area contributed by atoms with Gasteiger partial charge in [-0.25, -0.2) is 0 Å². The van der Waals surface area contributed by atoms with Crippen molar-refractivity contribution in [1.82, 2.24) is 5.32 Å². The minimum absolute atomic E-state index is 0.118. The maximum Gasteiger partial charge on any atom is 0.321 e. The number of anilines is 1. The van der Waals surface area contributed by atoms with Gasteiger partial charge in [0.1, 0.15) is 6.04 Å². The molecule has 0 aliphatic rings. The van der Waals surface area contributed by atoms with Crippen molar-refractivity contribution in [2.24, 2.45) is 0 Å². The highest BCUT2D eigenvalue weighted by Crippen LogP contribution is 2.14. The molecule has 1 atom stereocenters. The third-order valence-corrected chi connectivity index (χ3v) is 3.36. The Hall–Kier alpha value is -1.92. The van der Waals surface area contributed by atoms with Crippen LogP contribution >= 0.6 is 0 Å². The van der Waals surface area contributed by atoms with E-state index in [2.05, 4.69) is 10.6 Å². The van der Waals surface area contributed by atoms with Gasteiger partial charge in [0.2, 0.25) is 5.91 Å². The maximum atomic E-state index is 12.1. The molecule has 1 amide bonds.